The van der Waals surface area contributed by atoms with Crippen LogP contribution in [0, 0.1) is 5.92 Å². The molecule has 1 aliphatic carbocycles. The van der Waals surface area contributed by atoms with Gasteiger partial charge >= 0.3 is 0 Å². The van der Waals surface area contributed by atoms with Gasteiger partial charge in [-0.3, -0.25) is 14.5 Å². The number of carbonyl (C=O) groups is 1. The highest BCUT2D eigenvalue weighted by molar-refractivity contribution is 5.76. The number of rotatable bonds is 5. The van der Waals surface area contributed by atoms with Crippen LogP contribution in [0.15, 0.2) is 4.79 Å². The van der Waals surface area contributed by atoms with Crippen LogP contribution in [0.4, 0.5) is 0 Å². The summed E-state index contributed by atoms with van der Waals surface area (Å²) in [5.74, 6) is 1.69. The van der Waals surface area contributed by atoms with Crippen LogP contribution in [0.2, 0.25) is 0 Å². The number of piperidine rings is 1. The second-order valence-electron chi connectivity index (χ2n) is 9.21. The zero-order valence-electron chi connectivity index (χ0n) is 17.9. The molecular weight excluding hydrogens is 364 g/mol. The van der Waals surface area contributed by atoms with E-state index in [4.69, 9.17) is 4.98 Å². The van der Waals surface area contributed by atoms with Crippen LogP contribution in [0.5, 0.6) is 0 Å². The van der Waals surface area contributed by atoms with E-state index >= 15 is 0 Å². The summed E-state index contributed by atoms with van der Waals surface area (Å²) in [4.78, 5) is 37.9. The Morgan fingerprint density at radius 1 is 1.10 bits per heavy atom. The fourth-order valence-electron chi connectivity index (χ4n) is 5.42. The molecule has 2 fully saturated rings. The maximum atomic E-state index is 12.9. The lowest BCUT2D eigenvalue weighted by atomic mass is 9.88. The molecule has 3 aliphatic rings. The normalized spacial score (nSPS) is 23.8. The SMILES string of the molecule is CCCC(=O)N1CCCCC1c1nc2c(c(=O)[nH]1)CN(CC1CCCCC1)CC2. The van der Waals surface area contributed by atoms with Crippen molar-refractivity contribution in [2.24, 2.45) is 5.92 Å². The van der Waals surface area contributed by atoms with E-state index in [2.05, 4.69) is 9.88 Å². The van der Waals surface area contributed by atoms with Crippen molar-refractivity contribution in [3.05, 3.63) is 27.4 Å². The molecule has 1 N–H and O–H groups in total. The Bertz CT molecular complexity index is 769. The van der Waals surface area contributed by atoms with Gasteiger partial charge in [-0.1, -0.05) is 26.2 Å². The van der Waals surface area contributed by atoms with Crippen molar-refractivity contribution in [2.75, 3.05) is 19.6 Å². The van der Waals surface area contributed by atoms with Crippen LogP contribution < -0.4 is 5.56 Å². The summed E-state index contributed by atoms with van der Waals surface area (Å²) in [6.07, 6.45) is 12.0. The molecule has 1 saturated heterocycles. The molecule has 1 saturated carbocycles. The zero-order chi connectivity index (χ0) is 20.2. The highest BCUT2D eigenvalue weighted by atomic mass is 16.2. The Kier molecular flexibility index (Phi) is 6.68. The van der Waals surface area contributed by atoms with Crippen molar-refractivity contribution in [2.45, 2.75) is 90.1 Å². The molecule has 0 spiro atoms. The van der Waals surface area contributed by atoms with Crippen LogP contribution in [0.3, 0.4) is 0 Å². The number of likely N-dealkylation sites (tertiary alicyclic amines) is 1. The number of nitrogens with one attached hydrogen (secondary N) is 1. The number of hydrogen-bond acceptors (Lipinski definition) is 4. The van der Waals surface area contributed by atoms with Gasteiger partial charge < -0.3 is 9.88 Å². The minimum absolute atomic E-state index is 0.00630. The van der Waals surface area contributed by atoms with Gasteiger partial charge in [0.2, 0.25) is 5.91 Å². The number of carbonyl (C=O) groups excluding carboxylic acids is 1. The Balaban J connectivity index is 1.49. The molecule has 2 aliphatic heterocycles. The first-order valence-corrected chi connectivity index (χ1v) is 11.8. The molecule has 1 atom stereocenters. The van der Waals surface area contributed by atoms with Crippen LogP contribution in [-0.2, 0) is 17.8 Å². The predicted octanol–water partition coefficient (Wildman–Crippen LogP) is 3.56. The van der Waals surface area contributed by atoms with Gasteiger partial charge in [-0.15, -0.1) is 0 Å². The number of H-pyrrole nitrogens is 1. The van der Waals surface area contributed by atoms with Gasteiger partial charge in [0.05, 0.1) is 17.3 Å². The Labute approximate surface area is 174 Å². The predicted molar refractivity (Wildman–Crippen MR) is 114 cm³/mol. The molecule has 6 nitrogen and oxygen atoms in total. The molecule has 1 aromatic rings. The molecule has 4 rings (SSSR count). The van der Waals surface area contributed by atoms with Gasteiger partial charge in [-0.05, 0) is 44.4 Å². The van der Waals surface area contributed by atoms with Gasteiger partial charge in [-0.2, -0.15) is 0 Å². The van der Waals surface area contributed by atoms with Crippen LogP contribution in [0.25, 0.3) is 0 Å². The fraction of sp³-hybridized carbons (Fsp3) is 0.783. The highest BCUT2D eigenvalue weighted by Crippen LogP contribution is 2.30. The maximum absolute atomic E-state index is 12.9. The standard InChI is InChI=1S/C23H36N4O2/c1-2-8-21(28)27-13-7-6-11-20(27)22-24-19-12-14-26(16-18(19)23(29)25-22)15-17-9-4-3-5-10-17/h17,20H,2-16H2,1H3,(H,24,25,29). The van der Waals surface area contributed by atoms with E-state index in [-0.39, 0.29) is 17.5 Å². The van der Waals surface area contributed by atoms with E-state index in [1.807, 2.05) is 11.8 Å². The van der Waals surface area contributed by atoms with Gasteiger partial charge in [0.15, 0.2) is 0 Å². The van der Waals surface area contributed by atoms with Crippen molar-refractivity contribution < 1.29 is 4.79 Å². The van der Waals surface area contributed by atoms with Crippen molar-refractivity contribution in [1.82, 2.24) is 19.8 Å². The fourth-order valence-corrected chi connectivity index (χ4v) is 5.42. The summed E-state index contributed by atoms with van der Waals surface area (Å²) in [5, 5.41) is 0. The first-order valence-electron chi connectivity index (χ1n) is 11.8. The molecule has 1 aromatic heterocycles. The Morgan fingerprint density at radius 3 is 2.69 bits per heavy atom. The van der Waals surface area contributed by atoms with Gasteiger partial charge in [-0.25, -0.2) is 4.98 Å². The number of nitrogens with zero attached hydrogens (tertiary/aromatic N) is 3. The van der Waals surface area contributed by atoms with Crippen molar-refractivity contribution in [3.63, 3.8) is 0 Å². The minimum Gasteiger partial charge on any atom is -0.333 e. The lowest BCUT2D eigenvalue weighted by molar-refractivity contribution is -0.135. The van der Waals surface area contributed by atoms with E-state index in [9.17, 15) is 9.59 Å². The first-order chi connectivity index (χ1) is 14.2. The molecule has 1 amide bonds. The van der Waals surface area contributed by atoms with Crippen molar-refractivity contribution in [1.29, 1.82) is 0 Å². The van der Waals surface area contributed by atoms with Gasteiger partial charge in [0.1, 0.15) is 5.82 Å². The van der Waals surface area contributed by atoms with E-state index in [0.717, 1.165) is 75.5 Å². The number of fused-ring (bicyclic) bond motifs is 1. The number of hydrogen-bond donors (Lipinski definition) is 1. The quantitative estimate of drug-likeness (QED) is 0.820. The van der Waals surface area contributed by atoms with Crippen molar-refractivity contribution >= 4 is 5.91 Å². The average molecular weight is 401 g/mol. The van der Waals surface area contributed by atoms with E-state index in [1.165, 1.54) is 32.1 Å². The third kappa shape index (κ3) is 4.73. The summed E-state index contributed by atoms with van der Waals surface area (Å²) in [5.41, 5.74) is 1.81. The summed E-state index contributed by atoms with van der Waals surface area (Å²) in [6, 6.07) is -0.0685. The van der Waals surface area contributed by atoms with Crippen LogP contribution in [0.1, 0.15) is 94.3 Å². The van der Waals surface area contributed by atoms with E-state index in [0.29, 0.717) is 12.2 Å². The third-order valence-corrected chi connectivity index (χ3v) is 7.01. The largest absolute Gasteiger partial charge is 0.333 e. The summed E-state index contributed by atoms with van der Waals surface area (Å²) < 4.78 is 0. The second kappa shape index (κ2) is 9.41. The van der Waals surface area contributed by atoms with E-state index in [1.54, 1.807) is 0 Å². The topological polar surface area (TPSA) is 69.3 Å². The Hall–Kier alpha value is -1.69. The number of aromatic amines is 1. The molecule has 29 heavy (non-hydrogen) atoms. The molecule has 160 valence electrons. The molecule has 0 bridgehead atoms. The van der Waals surface area contributed by atoms with E-state index < -0.39 is 0 Å². The summed E-state index contributed by atoms with van der Waals surface area (Å²) >= 11 is 0. The van der Waals surface area contributed by atoms with Gasteiger partial charge in [0.25, 0.3) is 5.56 Å². The Morgan fingerprint density at radius 2 is 1.90 bits per heavy atom. The molecule has 0 radical (unpaired) electrons. The third-order valence-electron chi connectivity index (χ3n) is 7.01. The van der Waals surface area contributed by atoms with Crippen LogP contribution in [-0.4, -0.2) is 45.3 Å². The molecular formula is C23H36N4O2. The summed E-state index contributed by atoms with van der Waals surface area (Å²) in [7, 11) is 0. The number of amides is 1. The highest BCUT2D eigenvalue weighted by Gasteiger charge is 2.31. The monoisotopic (exact) mass is 400 g/mol. The molecule has 3 heterocycles. The lowest BCUT2D eigenvalue weighted by Gasteiger charge is -2.36. The lowest BCUT2D eigenvalue weighted by Crippen LogP contribution is -2.42. The second-order valence-corrected chi connectivity index (χ2v) is 9.21. The van der Waals surface area contributed by atoms with Crippen LogP contribution >= 0.6 is 0 Å². The maximum Gasteiger partial charge on any atom is 0.255 e. The first kappa shape index (κ1) is 20.6. The molecule has 0 aromatic carbocycles. The average Bonchev–Trinajstić information content (AvgIpc) is 2.75. The zero-order valence-corrected chi connectivity index (χ0v) is 17.9. The summed E-state index contributed by atoms with van der Waals surface area (Å²) in [6.45, 7) is 5.64. The smallest absolute Gasteiger partial charge is 0.255 e. The molecule has 6 heteroatoms. The molecule has 1 unspecified atom stereocenters. The number of aromatic nitrogens is 2. The van der Waals surface area contributed by atoms with Gasteiger partial charge in [0, 0.05) is 39.0 Å². The van der Waals surface area contributed by atoms with Crippen molar-refractivity contribution in [3.8, 4) is 0 Å². The minimum atomic E-state index is -0.0685.